The van der Waals surface area contributed by atoms with E-state index in [4.69, 9.17) is 14.5 Å². The molecule has 0 spiro atoms. The van der Waals surface area contributed by atoms with Crippen molar-refractivity contribution in [1.82, 2.24) is 0 Å². The molecule has 3 rings (SSSR count). The Labute approximate surface area is 172 Å². The maximum absolute atomic E-state index is 5.50. The summed E-state index contributed by atoms with van der Waals surface area (Å²) in [5.41, 5.74) is 3.97. The monoisotopic (exact) mass is 389 g/mol. The summed E-state index contributed by atoms with van der Waals surface area (Å²) >= 11 is 0. The first kappa shape index (κ1) is 20.3. The largest absolute Gasteiger partial charge is 0.495 e. The normalized spacial score (nSPS) is 11.1. The van der Waals surface area contributed by atoms with E-state index in [-0.39, 0.29) is 0 Å². The summed E-state index contributed by atoms with van der Waals surface area (Å²) < 4.78 is 11.0. The van der Waals surface area contributed by atoms with Crippen LogP contribution in [0.5, 0.6) is 11.5 Å². The fraction of sp³-hybridized carbons (Fsp3) is 0.208. The van der Waals surface area contributed by atoms with E-state index in [1.807, 2.05) is 74.8 Å². The number of rotatable bonds is 7. The third-order valence-electron chi connectivity index (χ3n) is 4.56. The number of benzene rings is 3. The molecule has 3 aromatic carbocycles. The highest BCUT2D eigenvalue weighted by atomic mass is 16.5. The smallest absolute Gasteiger partial charge is 0.144 e. The summed E-state index contributed by atoms with van der Waals surface area (Å²) in [5, 5.41) is 3.46. The molecule has 0 bridgehead atoms. The molecular formula is C24H27N3O2. The van der Waals surface area contributed by atoms with Gasteiger partial charge in [0.1, 0.15) is 23.0 Å². The lowest BCUT2D eigenvalue weighted by Crippen LogP contribution is -2.18. The van der Waals surface area contributed by atoms with Gasteiger partial charge in [-0.25, -0.2) is 4.99 Å². The van der Waals surface area contributed by atoms with E-state index in [1.165, 1.54) is 5.56 Å². The summed E-state index contributed by atoms with van der Waals surface area (Å²) in [4.78, 5) is 7.01. The van der Waals surface area contributed by atoms with Crippen LogP contribution in [0.15, 0.2) is 77.8 Å². The zero-order valence-electron chi connectivity index (χ0n) is 17.3. The Bertz CT molecular complexity index is 983. The number of ether oxygens (including phenoxy) is 2. The van der Waals surface area contributed by atoms with E-state index in [1.54, 1.807) is 14.2 Å². The molecule has 1 N–H and O–H groups in total. The van der Waals surface area contributed by atoms with Crippen molar-refractivity contribution in [2.45, 2.75) is 6.42 Å². The summed E-state index contributed by atoms with van der Waals surface area (Å²) in [7, 11) is 7.41. The van der Waals surface area contributed by atoms with Crippen LogP contribution in [0.25, 0.3) is 0 Å². The number of nitrogens with one attached hydrogen (secondary N) is 1. The minimum atomic E-state index is 0.629. The van der Waals surface area contributed by atoms with Gasteiger partial charge in [0.15, 0.2) is 0 Å². The van der Waals surface area contributed by atoms with Gasteiger partial charge < -0.3 is 19.7 Å². The van der Waals surface area contributed by atoms with E-state index < -0.39 is 0 Å². The van der Waals surface area contributed by atoms with Gasteiger partial charge >= 0.3 is 0 Å². The number of aliphatic imine (C=N–C) groups is 1. The summed E-state index contributed by atoms with van der Waals surface area (Å²) in [6, 6.07) is 23.9. The van der Waals surface area contributed by atoms with Gasteiger partial charge in [-0.05, 0) is 35.9 Å². The van der Waals surface area contributed by atoms with Crippen LogP contribution in [0.4, 0.5) is 17.1 Å². The third-order valence-corrected chi connectivity index (χ3v) is 4.56. The van der Waals surface area contributed by atoms with Crippen molar-refractivity contribution < 1.29 is 9.47 Å². The Kier molecular flexibility index (Phi) is 6.74. The van der Waals surface area contributed by atoms with Crippen LogP contribution in [-0.4, -0.2) is 34.2 Å². The maximum atomic E-state index is 5.50. The van der Waals surface area contributed by atoms with Crippen LogP contribution in [0.3, 0.4) is 0 Å². The molecular weight excluding hydrogens is 362 g/mol. The number of nitrogens with zero attached hydrogens (tertiary/aromatic N) is 2. The molecule has 0 aliphatic heterocycles. The van der Waals surface area contributed by atoms with Gasteiger partial charge in [0.25, 0.3) is 0 Å². The van der Waals surface area contributed by atoms with E-state index in [9.17, 15) is 0 Å². The third kappa shape index (κ3) is 5.08. The number of para-hydroxylation sites is 5. The highest BCUT2D eigenvalue weighted by Gasteiger charge is 2.12. The van der Waals surface area contributed by atoms with Crippen LogP contribution in [-0.2, 0) is 6.42 Å². The van der Waals surface area contributed by atoms with Gasteiger partial charge in [0, 0.05) is 26.2 Å². The molecule has 0 aliphatic carbocycles. The van der Waals surface area contributed by atoms with E-state index in [2.05, 4.69) is 22.3 Å². The van der Waals surface area contributed by atoms with Crippen molar-refractivity contribution in [2.24, 2.45) is 4.99 Å². The molecule has 0 unspecified atom stereocenters. The minimum absolute atomic E-state index is 0.629. The minimum Gasteiger partial charge on any atom is -0.495 e. The van der Waals surface area contributed by atoms with Crippen LogP contribution in [0, 0.1) is 0 Å². The fourth-order valence-electron chi connectivity index (χ4n) is 3.16. The van der Waals surface area contributed by atoms with Crippen LogP contribution in [0.1, 0.15) is 5.56 Å². The first-order valence-electron chi connectivity index (χ1n) is 9.48. The predicted octanol–water partition coefficient (Wildman–Crippen LogP) is 5.15. The second-order valence-corrected chi connectivity index (χ2v) is 6.76. The number of hydrogen-bond acceptors (Lipinski definition) is 4. The zero-order chi connectivity index (χ0) is 20.6. The average molecular weight is 389 g/mol. The lowest BCUT2D eigenvalue weighted by Gasteiger charge is -2.19. The Morgan fingerprint density at radius 2 is 1.45 bits per heavy atom. The lowest BCUT2D eigenvalue weighted by molar-refractivity contribution is 0.416. The molecule has 0 saturated heterocycles. The Balaban J connectivity index is 2.03. The standard InChI is InChI=1S/C24H27N3O2/c1-27(2)21-14-8-5-11-18(21)17-24(25-19-12-6-9-15-22(19)28-3)26-20-13-7-10-16-23(20)29-4/h5-16H,17H2,1-4H3,(H,25,26). The quantitative estimate of drug-likeness (QED) is 0.448. The SMILES string of the molecule is COc1ccccc1N=C(Cc1ccccc1N(C)C)Nc1ccccc1OC. The maximum Gasteiger partial charge on any atom is 0.144 e. The molecule has 0 fully saturated rings. The van der Waals surface area contributed by atoms with Crippen molar-refractivity contribution >= 4 is 22.9 Å². The molecule has 29 heavy (non-hydrogen) atoms. The van der Waals surface area contributed by atoms with Crippen molar-refractivity contribution in [1.29, 1.82) is 0 Å². The number of amidine groups is 1. The molecule has 150 valence electrons. The summed E-state index contributed by atoms with van der Waals surface area (Å²) in [5.74, 6) is 2.29. The Hall–Kier alpha value is -3.47. The molecule has 0 saturated carbocycles. The van der Waals surface area contributed by atoms with Gasteiger partial charge in [-0.3, -0.25) is 0 Å². The molecule has 0 aliphatic rings. The van der Waals surface area contributed by atoms with Gasteiger partial charge in [-0.1, -0.05) is 42.5 Å². The highest BCUT2D eigenvalue weighted by Crippen LogP contribution is 2.29. The molecule has 5 heteroatoms. The van der Waals surface area contributed by atoms with Gasteiger partial charge in [-0.15, -0.1) is 0 Å². The van der Waals surface area contributed by atoms with Crippen LogP contribution >= 0.6 is 0 Å². The van der Waals surface area contributed by atoms with Gasteiger partial charge in [0.05, 0.1) is 19.9 Å². The molecule has 5 nitrogen and oxygen atoms in total. The van der Waals surface area contributed by atoms with Crippen LogP contribution < -0.4 is 19.7 Å². The Morgan fingerprint density at radius 3 is 2.17 bits per heavy atom. The zero-order valence-corrected chi connectivity index (χ0v) is 17.3. The molecule has 0 aromatic heterocycles. The molecule has 0 atom stereocenters. The van der Waals surface area contributed by atoms with E-state index in [0.29, 0.717) is 6.42 Å². The second kappa shape index (κ2) is 9.64. The highest BCUT2D eigenvalue weighted by molar-refractivity contribution is 6.00. The molecule has 3 aromatic rings. The molecule has 0 radical (unpaired) electrons. The number of methoxy groups -OCH3 is 2. The first-order chi connectivity index (χ1) is 14.1. The predicted molar refractivity (Wildman–Crippen MR) is 121 cm³/mol. The summed E-state index contributed by atoms with van der Waals surface area (Å²) in [6.45, 7) is 0. The number of anilines is 2. The summed E-state index contributed by atoms with van der Waals surface area (Å²) in [6.07, 6.45) is 0.629. The van der Waals surface area contributed by atoms with Crippen molar-refractivity contribution in [3.8, 4) is 11.5 Å². The van der Waals surface area contributed by atoms with Crippen LogP contribution in [0.2, 0.25) is 0 Å². The first-order valence-corrected chi connectivity index (χ1v) is 9.48. The van der Waals surface area contributed by atoms with Crippen molar-refractivity contribution in [3.63, 3.8) is 0 Å². The van der Waals surface area contributed by atoms with E-state index >= 15 is 0 Å². The van der Waals surface area contributed by atoms with Gasteiger partial charge in [0.2, 0.25) is 0 Å². The van der Waals surface area contributed by atoms with E-state index in [0.717, 1.165) is 34.4 Å². The lowest BCUT2D eigenvalue weighted by atomic mass is 10.1. The number of hydrogen-bond donors (Lipinski definition) is 1. The van der Waals surface area contributed by atoms with Crippen molar-refractivity contribution in [2.75, 3.05) is 38.5 Å². The average Bonchev–Trinajstić information content (AvgIpc) is 2.74. The molecule has 0 heterocycles. The molecule has 0 amide bonds. The van der Waals surface area contributed by atoms with Gasteiger partial charge in [-0.2, -0.15) is 0 Å². The Morgan fingerprint density at radius 1 is 0.828 bits per heavy atom. The second-order valence-electron chi connectivity index (χ2n) is 6.76. The fourth-order valence-corrected chi connectivity index (χ4v) is 3.16. The topological polar surface area (TPSA) is 46.1 Å². The van der Waals surface area contributed by atoms with Crippen molar-refractivity contribution in [3.05, 3.63) is 78.4 Å².